The molecule has 1 fully saturated rings. The fraction of sp³-hybridized carbons (Fsp3) is 0.684. The van der Waals surface area contributed by atoms with Gasteiger partial charge >= 0.3 is 0 Å². The first kappa shape index (κ1) is 18.2. The van der Waals surface area contributed by atoms with E-state index >= 15 is 0 Å². The molecule has 0 aliphatic heterocycles. The van der Waals surface area contributed by atoms with Gasteiger partial charge in [0.25, 0.3) is 0 Å². The summed E-state index contributed by atoms with van der Waals surface area (Å²) >= 11 is 0. The standard InChI is InChI=1S/C19H31NO3/c1-15-8-9-19(12-16(15)2)23-11-10-22-14-18(21)13-20-17-6-4-3-5-7-17/h8-9,12,17-18,20-21H,3-7,10-11,13-14H2,1-2H3/t18-/m1/s1. The summed E-state index contributed by atoms with van der Waals surface area (Å²) in [5.41, 5.74) is 2.50. The number of rotatable bonds is 9. The van der Waals surface area contributed by atoms with Gasteiger partial charge in [0.1, 0.15) is 12.4 Å². The summed E-state index contributed by atoms with van der Waals surface area (Å²) in [6, 6.07) is 6.65. The number of aryl methyl sites for hydroxylation is 2. The van der Waals surface area contributed by atoms with E-state index in [0.29, 0.717) is 32.4 Å². The van der Waals surface area contributed by atoms with Gasteiger partial charge in [-0.25, -0.2) is 0 Å². The molecule has 2 N–H and O–H groups in total. The second kappa shape index (κ2) is 9.91. The van der Waals surface area contributed by atoms with Crippen molar-refractivity contribution in [3.63, 3.8) is 0 Å². The van der Waals surface area contributed by atoms with Crippen molar-refractivity contribution in [2.24, 2.45) is 0 Å². The van der Waals surface area contributed by atoms with Crippen LogP contribution in [0.2, 0.25) is 0 Å². The number of aliphatic hydroxyl groups excluding tert-OH is 1. The Labute approximate surface area is 140 Å². The number of benzene rings is 1. The quantitative estimate of drug-likeness (QED) is 0.687. The molecule has 0 unspecified atom stereocenters. The van der Waals surface area contributed by atoms with Crippen molar-refractivity contribution in [3.8, 4) is 5.75 Å². The van der Waals surface area contributed by atoms with E-state index < -0.39 is 6.10 Å². The minimum absolute atomic E-state index is 0.357. The number of nitrogens with one attached hydrogen (secondary N) is 1. The summed E-state index contributed by atoms with van der Waals surface area (Å²) in [5, 5.41) is 13.4. The molecule has 23 heavy (non-hydrogen) atoms. The van der Waals surface area contributed by atoms with Crippen molar-refractivity contribution in [2.75, 3.05) is 26.4 Å². The van der Waals surface area contributed by atoms with Crippen molar-refractivity contribution in [3.05, 3.63) is 29.3 Å². The third-order valence-corrected chi connectivity index (χ3v) is 4.53. The van der Waals surface area contributed by atoms with Crippen molar-refractivity contribution in [2.45, 2.75) is 58.1 Å². The van der Waals surface area contributed by atoms with Crippen LogP contribution in [-0.4, -0.2) is 43.6 Å². The minimum atomic E-state index is -0.446. The van der Waals surface area contributed by atoms with E-state index in [1.807, 2.05) is 12.1 Å². The molecular formula is C19H31NO3. The van der Waals surface area contributed by atoms with Crippen LogP contribution in [0.3, 0.4) is 0 Å². The molecule has 0 spiro atoms. The first-order chi connectivity index (χ1) is 11.1. The molecule has 1 atom stereocenters. The largest absolute Gasteiger partial charge is 0.491 e. The van der Waals surface area contributed by atoms with E-state index in [1.54, 1.807) is 0 Å². The molecule has 2 rings (SSSR count). The number of hydrogen-bond acceptors (Lipinski definition) is 4. The van der Waals surface area contributed by atoms with Crippen molar-refractivity contribution < 1.29 is 14.6 Å². The summed E-state index contributed by atoms with van der Waals surface area (Å²) in [5.74, 6) is 0.871. The Morgan fingerprint density at radius 1 is 1.13 bits per heavy atom. The number of ether oxygens (including phenoxy) is 2. The van der Waals surface area contributed by atoms with Gasteiger partial charge < -0.3 is 19.9 Å². The maximum Gasteiger partial charge on any atom is 0.119 e. The molecule has 1 aliphatic rings. The zero-order valence-electron chi connectivity index (χ0n) is 14.5. The molecule has 1 aromatic rings. The van der Waals surface area contributed by atoms with Gasteiger partial charge in [-0.2, -0.15) is 0 Å². The smallest absolute Gasteiger partial charge is 0.119 e. The molecular weight excluding hydrogens is 290 g/mol. The average Bonchev–Trinajstić information content (AvgIpc) is 2.57. The molecule has 4 nitrogen and oxygen atoms in total. The van der Waals surface area contributed by atoms with Crippen LogP contribution in [0, 0.1) is 13.8 Å². The second-order valence-corrected chi connectivity index (χ2v) is 6.57. The Bertz CT molecular complexity index is 458. The molecule has 0 amide bonds. The molecule has 0 bridgehead atoms. The van der Waals surface area contributed by atoms with Crippen LogP contribution in [0.1, 0.15) is 43.2 Å². The minimum Gasteiger partial charge on any atom is -0.491 e. The predicted molar refractivity (Wildman–Crippen MR) is 93.1 cm³/mol. The zero-order chi connectivity index (χ0) is 16.5. The SMILES string of the molecule is Cc1ccc(OCCOC[C@H](O)CNC2CCCCC2)cc1C. The molecule has 130 valence electrons. The van der Waals surface area contributed by atoms with Crippen LogP contribution in [-0.2, 0) is 4.74 Å². The molecule has 1 aromatic carbocycles. The normalized spacial score (nSPS) is 17.2. The van der Waals surface area contributed by atoms with E-state index in [1.165, 1.54) is 43.2 Å². The molecule has 1 saturated carbocycles. The van der Waals surface area contributed by atoms with Gasteiger partial charge in [-0.1, -0.05) is 25.3 Å². The highest BCUT2D eigenvalue weighted by Crippen LogP contribution is 2.17. The third-order valence-electron chi connectivity index (χ3n) is 4.53. The molecule has 0 heterocycles. The second-order valence-electron chi connectivity index (χ2n) is 6.57. The highest BCUT2D eigenvalue weighted by molar-refractivity contribution is 5.33. The first-order valence-electron chi connectivity index (χ1n) is 8.84. The predicted octanol–water partition coefficient (Wildman–Crippen LogP) is 2.98. The lowest BCUT2D eigenvalue weighted by Gasteiger charge is -2.24. The topological polar surface area (TPSA) is 50.7 Å². The van der Waals surface area contributed by atoms with Crippen LogP contribution < -0.4 is 10.1 Å². The van der Waals surface area contributed by atoms with Gasteiger partial charge in [-0.15, -0.1) is 0 Å². The molecule has 0 aromatic heterocycles. The summed E-state index contributed by atoms with van der Waals surface area (Å²) in [4.78, 5) is 0. The van der Waals surface area contributed by atoms with Gasteiger partial charge in [0, 0.05) is 12.6 Å². The summed E-state index contributed by atoms with van der Waals surface area (Å²) in [6.07, 6.45) is 5.98. The maximum atomic E-state index is 9.93. The van der Waals surface area contributed by atoms with Gasteiger partial charge in [-0.05, 0) is 49.9 Å². The van der Waals surface area contributed by atoms with E-state index in [4.69, 9.17) is 9.47 Å². The monoisotopic (exact) mass is 321 g/mol. The van der Waals surface area contributed by atoms with Crippen LogP contribution in [0.4, 0.5) is 0 Å². The van der Waals surface area contributed by atoms with Crippen molar-refractivity contribution in [1.82, 2.24) is 5.32 Å². The van der Waals surface area contributed by atoms with Crippen LogP contribution in [0.15, 0.2) is 18.2 Å². The lowest BCUT2D eigenvalue weighted by molar-refractivity contribution is 0.0235. The van der Waals surface area contributed by atoms with Gasteiger partial charge in [0.2, 0.25) is 0 Å². The Morgan fingerprint density at radius 3 is 2.65 bits per heavy atom. The van der Waals surface area contributed by atoms with Crippen LogP contribution in [0.25, 0.3) is 0 Å². The van der Waals surface area contributed by atoms with E-state index in [2.05, 4.69) is 25.2 Å². The van der Waals surface area contributed by atoms with E-state index in [9.17, 15) is 5.11 Å². The Hall–Kier alpha value is -1.10. The lowest BCUT2D eigenvalue weighted by Crippen LogP contribution is -2.38. The van der Waals surface area contributed by atoms with Crippen LogP contribution in [0.5, 0.6) is 5.75 Å². The van der Waals surface area contributed by atoms with Crippen molar-refractivity contribution >= 4 is 0 Å². The fourth-order valence-electron chi connectivity index (χ4n) is 2.91. The van der Waals surface area contributed by atoms with Crippen LogP contribution >= 0.6 is 0 Å². The summed E-state index contributed by atoms with van der Waals surface area (Å²) in [6.45, 7) is 6.14. The van der Waals surface area contributed by atoms with E-state index in [0.717, 1.165) is 5.75 Å². The van der Waals surface area contributed by atoms with E-state index in [-0.39, 0.29) is 0 Å². The average molecular weight is 321 g/mol. The zero-order valence-corrected chi connectivity index (χ0v) is 14.5. The highest BCUT2D eigenvalue weighted by Gasteiger charge is 2.14. The van der Waals surface area contributed by atoms with Gasteiger partial charge in [0.05, 0.1) is 19.3 Å². The van der Waals surface area contributed by atoms with Crippen molar-refractivity contribution in [1.29, 1.82) is 0 Å². The molecule has 1 aliphatic carbocycles. The Morgan fingerprint density at radius 2 is 1.91 bits per heavy atom. The summed E-state index contributed by atoms with van der Waals surface area (Å²) < 4.78 is 11.2. The summed E-state index contributed by atoms with van der Waals surface area (Å²) in [7, 11) is 0. The Balaban J connectivity index is 1.51. The third kappa shape index (κ3) is 6.90. The fourth-order valence-corrected chi connectivity index (χ4v) is 2.91. The van der Waals surface area contributed by atoms with Gasteiger partial charge in [0.15, 0.2) is 0 Å². The molecule has 0 saturated heterocycles. The highest BCUT2D eigenvalue weighted by atomic mass is 16.5. The molecule has 4 heteroatoms. The van der Waals surface area contributed by atoms with Gasteiger partial charge in [-0.3, -0.25) is 0 Å². The number of aliphatic hydroxyl groups is 1. The lowest BCUT2D eigenvalue weighted by atomic mass is 9.95. The first-order valence-corrected chi connectivity index (χ1v) is 8.84. The molecule has 0 radical (unpaired) electrons. The number of hydrogen-bond donors (Lipinski definition) is 2. The maximum absolute atomic E-state index is 9.93. The Kier molecular flexibility index (Phi) is 7.86.